The molecule has 1 unspecified atom stereocenters. The number of hydrogen-bond donors (Lipinski definition) is 2. The summed E-state index contributed by atoms with van der Waals surface area (Å²) < 4.78 is 18.8. The van der Waals surface area contributed by atoms with Crippen LogP contribution in [0.1, 0.15) is 41.7 Å². The first-order valence-corrected chi connectivity index (χ1v) is 8.64. The lowest BCUT2D eigenvalue weighted by Gasteiger charge is -2.11. The zero-order chi connectivity index (χ0) is 17.2. The summed E-state index contributed by atoms with van der Waals surface area (Å²) in [4.78, 5) is 12.4. The number of carbonyl (C=O) groups excluding carboxylic acids is 1. The molecule has 2 heterocycles. The third-order valence-electron chi connectivity index (χ3n) is 4.74. The van der Waals surface area contributed by atoms with Gasteiger partial charge in [-0.15, -0.1) is 0 Å². The second-order valence-electron chi connectivity index (χ2n) is 6.48. The van der Waals surface area contributed by atoms with Crippen molar-refractivity contribution in [3.8, 4) is 0 Å². The van der Waals surface area contributed by atoms with Crippen molar-refractivity contribution in [2.45, 2.75) is 31.8 Å². The Kier molecular flexibility index (Phi) is 4.36. The van der Waals surface area contributed by atoms with Gasteiger partial charge in [0.1, 0.15) is 5.83 Å². The highest BCUT2D eigenvalue weighted by atomic mass is 19.1. The van der Waals surface area contributed by atoms with Crippen molar-refractivity contribution in [3.05, 3.63) is 47.4 Å². The van der Waals surface area contributed by atoms with Crippen molar-refractivity contribution < 1.29 is 13.9 Å². The molecule has 1 amide bonds. The Bertz CT molecular complexity index is 863. The summed E-state index contributed by atoms with van der Waals surface area (Å²) in [5.74, 6) is -0.231. The van der Waals surface area contributed by atoms with Crippen LogP contribution >= 0.6 is 0 Å². The molecule has 1 fully saturated rings. The third kappa shape index (κ3) is 3.35. The van der Waals surface area contributed by atoms with Gasteiger partial charge in [-0.1, -0.05) is 6.08 Å². The number of halogens is 1. The van der Waals surface area contributed by atoms with Crippen molar-refractivity contribution in [2.24, 2.45) is 0 Å². The average Bonchev–Trinajstić information content (AvgIpc) is 3.29. The highest BCUT2D eigenvalue weighted by Gasteiger charge is 2.18. The maximum Gasteiger partial charge on any atom is 0.251 e. The predicted molar refractivity (Wildman–Crippen MR) is 93.8 cm³/mol. The molecule has 2 aromatic rings. The summed E-state index contributed by atoms with van der Waals surface area (Å²) in [7, 11) is 0. The molecular weight excluding hydrogens is 321 g/mol. The Morgan fingerprint density at radius 3 is 3.04 bits per heavy atom. The number of rotatable bonds is 4. The molecule has 0 radical (unpaired) electrons. The zero-order valence-corrected chi connectivity index (χ0v) is 13.8. The number of carbonyl (C=O) groups is 1. The summed E-state index contributed by atoms with van der Waals surface area (Å²) in [6, 6.07) is 5.48. The van der Waals surface area contributed by atoms with Gasteiger partial charge >= 0.3 is 0 Å². The number of allylic oxidation sites excluding steroid dienone is 4. The van der Waals surface area contributed by atoms with Crippen LogP contribution in [0.5, 0.6) is 0 Å². The number of nitrogens with zero attached hydrogens (tertiary/aromatic N) is 1. The number of ether oxygens (including phenoxy) is 1. The molecule has 2 N–H and O–H groups in total. The SMILES string of the molecule is O=C(NCC1CCCO1)c1ccc2[nH]nc(C3=CC=C(F)CC3)c2c1. The minimum atomic E-state index is -0.117. The Balaban J connectivity index is 1.56. The largest absolute Gasteiger partial charge is 0.376 e. The van der Waals surface area contributed by atoms with Crippen molar-refractivity contribution in [1.29, 1.82) is 0 Å². The Hall–Kier alpha value is -2.47. The van der Waals surface area contributed by atoms with Crippen LogP contribution in [0.15, 0.2) is 36.2 Å². The van der Waals surface area contributed by atoms with Gasteiger partial charge in [0, 0.05) is 30.5 Å². The quantitative estimate of drug-likeness (QED) is 0.894. The van der Waals surface area contributed by atoms with Crippen molar-refractivity contribution >= 4 is 22.4 Å². The summed E-state index contributed by atoms with van der Waals surface area (Å²) >= 11 is 0. The van der Waals surface area contributed by atoms with Gasteiger partial charge in [0.2, 0.25) is 0 Å². The lowest BCUT2D eigenvalue weighted by atomic mass is 9.98. The van der Waals surface area contributed by atoms with Crippen LogP contribution in [0.4, 0.5) is 4.39 Å². The fourth-order valence-electron chi connectivity index (χ4n) is 3.32. The molecule has 6 heteroatoms. The topological polar surface area (TPSA) is 67.0 Å². The van der Waals surface area contributed by atoms with Gasteiger partial charge in [-0.2, -0.15) is 5.10 Å². The number of hydrogen-bond acceptors (Lipinski definition) is 3. The smallest absolute Gasteiger partial charge is 0.251 e. The first-order chi connectivity index (χ1) is 12.2. The number of aromatic nitrogens is 2. The molecule has 1 atom stereocenters. The molecule has 1 aliphatic carbocycles. The molecule has 4 rings (SSSR count). The number of nitrogens with one attached hydrogen (secondary N) is 2. The monoisotopic (exact) mass is 341 g/mol. The predicted octanol–water partition coefficient (Wildman–Crippen LogP) is 3.50. The number of amides is 1. The average molecular weight is 341 g/mol. The van der Waals surface area contributed by atoms with E-state index in [9.17, 15) is 9.18 Å². The van der Waals surface area contributed by atoms with Gasteiger partial charge in [0.05, 0.1) is 17.3 Å². The maximum atomic E-state index is 13.2. The molecule has 0 bridgehead atoms. The molecule has 1 aliphatic heterocycles. The van der Waals surface area contributed by atoms with Crippen molar-refractivity contribution in [2.75, 3.05) is 13.2 Å². The molecule has 0 spiro atoms. The van der Waals surface area contributed by atoms with Crippen LogP contribution in [0.25, 0.3) is 16.5 Å². The van der Waals surface area contributed by atoms with Gasteiger partial charge in [-0.05, 0) is 49.1 Å². The molecule has 2 aliphatic rings. The first-order valence-electron chi connectivity index (χ1n) is 8.64. The van der Waals surface area contributed by atoms with Crippen LogP contribution in [0.3, 0.4) is 0 Å². The number of H-pyrrole nitrogens is 1. The van der Waals surface area contributed by atoms with Crippen LogP contribution in [0.2, 0.25) is 0 Å². The highest BCUT2D eigenvalue weighted by molar-refractivity contribution is 6.00. The molecular formula is C19H20FN3O2. The molecule has 1 saturated heterocycles. The lowest BCUT2D eigenvalue weighted by Crippen LogP contribution is -2.31. The van der Waals surface area contributed by atoms with E-state index in [1.165, 1.54) is 6.08 Å². The maximum absolute atomic E-state index is 13.2. The van der Waals surface area contributed by atoms with E-state index in [0.29, 0.717) is 24.9 Å². The molecule has 1 aromatic heterocycles. The van der Waals surface area contributed by atoms with Gasteiger partial charge in [-0.3, -0.25) is 9.89 Å². The van der Waals surface area contributed by atoms with E-state index in [0.717, 1.165) is 41.6 Å². The van der Waals surface area contributed by atoms with Gasteiger partial charge in [-0.25, -0.2) is 4.39 Å². The lowest BCUT2D eigenvalue weighted by molar-refractivity contribution is 0.0858. The highest BCUT2D eigenvalue weighted by Crippen LogP contribution is 2.30. The molecule has 5 nitrogen and oxygen atoms in total. The van der Waals surface area contributed by atoms with Crippen molar-refractivity contribution in [3.63, 3.8) is 0 Å². The van der Waals surface area contributed by atoms with Gasteiger partial charge < -0.3 is 10.1 Å². The standard InChI is InChI=1S/C19H20FN3O2/c20-14-6-3-12(4-7-14)18-16-10-13(5-8-17(16)22-23-18)19(24)21-11-15-2-1-9-25-15/h3,5-6,8,10,15H,1-2,4,7,9,11H2,(H,21,24)(H,22,23). The Morgan fingerprint density at radius 2 is 2.28 bits per heavy atom. The van der Waals surface area contributed by atoms with E-state index < -0.39 is 0 Å². The molecule has 0 saturated carbocycles. The number of aromatic amines is 1. The van der Waals surface area contributed by atoms with E-state index in [-0.39, 0.29) is 17.8 Å². The van der Waals surface area contributed by atoms with E-state index in [4.69, 9.17) is 4.74 Å². The molecule has 130 valence electrons. The van der Waals surface area contributed by atoms with Crippen LogP contribution in [-0.2, 0) is 4.74 Å². The summed E-state index contributed by atoms with van der Waals surface area (Å²) in [5, 5.41) is 11.2. The van der Waals surface area contributed by atoms with Crippen LogP contribution < -0.4 is 5.32 Å². The van der Waals surface area contributed by atoms with E-state index in [1.54, 1.807) is 12.1 Å². The summed E-state index contributed by atoms with van der Waals surface area (Å²) in [6.07, 6.45) is 6.40. The summed E-state index contributed by atoms with van der Waals surface area (Å²) in [5.41, 5.74) is 3.21. The third-order valence-corrected chi connectivity index (χ3v) is 4.74. The van der Waals surface area contributed by atoms with Crippen LogP contribution in [0, 0.1) is 0 Å². The summed E-state index contributed by atoms with van der Waals surface area (Å²) in [6.45, 7) is 1.30. The molecule has 25 heavy (non-hydrogen) atoms. The first kappa shape index (κ1) is 16.0. The second-order valence-corrected chi connectivity index (χ2v) is 6.48. The van der Waals surface area contributed by atoms with Crippen molar-refractivity contribution in [1.82, 2.24) is 15.5 Å². The van der Waals surface area contributed by atoms with Crippen LogP contribution in [-0.4, -0.2) is 35.4 Å². The Morgan fingerprint density at radius 1 is 1.36 bits per heavy atom. The van der Waals surface area contributed by atoms with E-state index in [2.05, 4.69) is 15.5 Å². The molecule has 1 aromatic carbocycles. The minimum absolute atomic E-state index is 0.113. The number of benzene rings is 1. The number of fused-ring (bicyclic) bond motifs is 1. The van der Waals surface area contributed by atoms with E-state index in [1.807, 2.05) is 12.1 Å². The fraction of sp³-hybridized carbons (Fsp3) is 0.368. The zero-order valence-electron chi connectivity index (χ0n) is 13.8. The normalized spacial score (nSPS) is 20.4. The van der Waals surface area contributed by atoms with Gasteiger partial charge in [0.15, 0.2) is 0 Å². The Labute approximate surface area is 144 Å². The second kappa shape index (κ2) is 6.80. The fourth-order valence-corrected chi connectivity index (χ4v) is 3.32. The van der Waals surface area contributed by atoms with Gasteiger partial charge in [0.25, 0.3) is 5.91 Å². The minimum Gasteiger partial charge on any atom is -0.376 e. The van der Waals surface area contributed by atoms with E-state index >= 15 is 0 Å².